The van der Waals surface area contributed by atoms with Crippen LogP contribution >= 0.6 is 0 Å². The van der Waals surface area contributed by atoms with E-state index >= 15 is 0 Å². The minimum absolute atomic E-state index is 0.153. The summed E-state index contributed by atoms with van der Waals surface area (Å²) in [7, 11) is 0. The van der Waals surface area contributed by atoms with Crippen LogP contribution in [-0.2, 0) is 0 Å². The molecule has 0 amide bonds. The lowest BCUT2D eigenvalue weighted by atomic mass is 10.1. The fourth-order valence-electron chi connectivity index (χ4n) is 1.86. The van der Waals surface area contributed by atoms with Crippen LogP contribution in [0.25, 0.3) is 0 Å². The smallest absolute Gasteiger partial charge is 0.115 e. The van der Waals surface area contributed by atoms with Gasteiger partial charge in [0.1, 0.15) is 5.75 Å². The van der Waals surface area contributed by atoms with Gasteiger partial charge in [-0.05, 0) is 43.4 Å². The standard InChI is InChI=1S/C13H19NO2/c1-9(11-3-2-4-12(15)7-11)14-8-13(16)10-5-6-10/h2-4,7,9-10,13-16H,5-6,8H2,1H3. The number of benzene rings is 1. The van der Waals surface area contributed by atoms with Crippen LogP contribution in [0, 0.1) is 5.92 Å². The van der Waals surface area contributed by atoms with Gasteiger partial charge in [0.25, 0.3) is 0 Å². The molecule has 0 aromatic heterocycles. The van der Waals surface area contributed by atoms with Crippen LogP contribution in [0.15, 0.2) is 24.3 Å². The van der Waals surface area contributed by atoms with Gasteiger partial charge >= 0.3 is 0 Å². The number of aromatic hydroxyl groups is 1. The summed E-state index contributed by atoms with van der Waals surface area (Å²) in [5, 5.41) is 22.4. The normalized spacial score (nSPS) is 19.4. The summed E-state index contributed by atoms with van der Waals surface area (Å²) in [6, 6.07) is 7.37. The van der Waals surface area contributed by atoms with E-state index in [2.05, 4.69) is 5.32 Å². The Morgan fingerprint density at radius 3 is 2.81 bits per heavy atom. The van der Waals surface area contributed by atoms with E-state index in [9.17, 15) is 10.2 Å². The summed E-state index contributed by atoms with van der Waals surface area (Å²) in [6.07, 6.45) is 2.09. The SMILES string of the molecule is CC(NCC(O)C1CC1)c1cccc(O)c1. The summed E-state index contributed by atoms with van der Waals surface area (Å²) in [4.78, 5) is 0. The number of rotatable bonds is 5. The van der Waals surface area contributed by atoms with Crippen LogP contribution in [0.5, 0.6) is 5.75 Å². The van der Waals surface area contributed by atoms with Crippen molar-refractivity contribution in [3.8, 4) is 5.75 Å². The molecule has 3 nitrogen and oxygen atoms in total. The Morgan fingerprint density at radius 2 is 2.19 bits per heavy atom. The van der Waals surface area contributed by atoms with Gasteiger partial charge in [-0.2, -0.15) is 0 Å². The molecule has 16 heavy (non-hydrogen) atoms. The third-order valence-corrected chi connectivity index (χ3v) is 3.17. The predicted octanol–water partition coefficient (Wildman–Crippen LogP) is 1.81. The zero-order chi connectivity index (χ0) is 11.5. The summed E-state index contributed by atoms with van der Waals surface area (Å²) in [5.41, 5.74) is 1.04. The molecular formula is C13H19NO2. The topological polar surface area (TPSA) is 52.5 Å². The second-order valence-electron chi connectivity index (χ2n) is 4.63. The second-order valence-corrected chi connectivity index (χ2v) is 4.63. The van der Waals surface area contributed by atoms with Gasteiger partial charge in [-0.25, -0.2) is 0 Å². The van der Waals surface area contributed by atoms with Crippen molar-refractivity contribution in [3.05, 3.63) is 29.8 Å². The van der Waals surface area contributed by atoms with E-state index in [0.29, 0.717) is 12.5 Å². The maximum absolute atomic E-state index is 9.73. The van der Waals surface area contributed by atoms with Crippen LogP contribution in [0.2, 0.25) is 0 Å². The van der Waals surface area contributed by atoms with Gasteiger partial charge in [0, 0.05) is 12.6 Å². The number of hydrogen-bond acceptors (Lipinski definition) is 3. The Bertz CT molecular complexity index is 350. The highest BCUT2D eigenvalue weighted by Gasteiger charge is 2.29. The average Bonchev–Trinajstić information content (AvgIpc) is 3.09. The molecule has 3 N–H and O–H groups in total. The summed E-state index contributed by atoms with van der Waals surface area (Å²) in [5.74, 6) is 0.790. The van der Waals surface area contributed by atoms with Crippen molar-refractivity contribution < 1.29 is 10.2 Å². The summed E-state index contributed by atoms with van der Waals surface area (Å²) >= 11 is 0. The van der Waals surface area contributed by atoms with Gasteiger partial charge < -0.3 is 15.5 Å². The highest BCUT2D eigenvalue weighted by molar-refractivity contribution is 5.29. The first-order chi connectivity index (χ1) is 7.66. The molecule has 3 heteroatoms. The Labute approximate surface area is 96.1 Å². The van der Waals surface area contributed by atoms with E-state index in [1.165, 1.54) is 0 Å². The molecule has 0 aliphatic heterocycles. The fraction of sp³-hybridized carbons (Fsp3) is 0.538. The number of aliphatic hydroxyl groups excluding tert-OH is 1. The molecule has 2 rings (SSSR count). The lowest BCUT2D eigenvalue weighted by Gasteiger charge is -2.17. The molecule has 88 valence electrons. The van der Waals surface area contributed by atoms with Gasteiger partial charge in [-0.15, -0.1) is 0 Å². The number of aliphatic hydroxyl groups is 1. The Morgan fingerprint density at radius 1 is 1.44 bits per heavy atom. The molecule has 1 aromatic rings. The minimum Gasteiger partial charge on any atom is -0.508 e. The minimum atomic E-state index is -0.222. The number of phenolic OH excluding ortho intramolecular Hbond substituents is 1. The first-order valence-electron chi connectivity index (χ1n) is 5.87. The van der Waals surface area contributed by atoms with Crippen molar-refractivity contribution >= 4 is 0 Å². The Balaban J connectivity index is 1.84. The van der Waals surface area contributed by atoms with E-state index in [0.717, 1.165) is 18.4 Å². The van der Waals surface area contributed by atoms with Crippen LogP contribution < -0.4 is 5.32 Å². The molecule has 0 radical (unpaired) electrons. The van der Waals surface area contributed by atoms with Gasteiger partial charge in [0.05, 0.1) is 6.10 Å². The maximum Gasteiger partial charge on any atom is 0.115 e. The molecule has 1 aromatic carbocycles. The monoisotopic (exact) mass is 221 g/mol. The van der Waals surface area contributed by atoms with Crippen molar-refractivity contribution in [2.75, 3.05) is 6.54 Å². The van der Waals surface area contributed by atoms with Crippen molar-refractivity contribution in [2.24, 2.45) is 5.92 Å². The molecule has 0 heterocycles. The molecule has 0 spiro atoms. The number of phenols is 1. The van der Waals surface area contributed by atoms with Crippen LogP contribution in [0.3, 0.4) is 0 Å². The van der Waals surface area contributed by atoms with Crippen molar-refractivity contribution in [2.45, 2.75) is 31.9 Å². The van der Waals surface area contributed by atoms with E-state index < -0.39 is 0 Å². The number of nitrogens with one attached hydrogen (secondary N) is 1. The van der Waals surface area contributed by atoms with E-state index in [1.54, 1.807) is 12.1 Å². The van der Waals surface area contributed by atoms with E-state index in [-0.39, 0.29) is 17.9 Å². The molecule has 1 fully saturated rings. The van der Waals surface area contributed by atoms with E-state index in [1.807, 2.05) is 19.1 Å². The third kappa shape index (κ3) is 2.97. The van der Waals surface area contributed by atoms with Crippen molar-refractivity contribution in [3.63, 3.8) is 0 Å². The second kappa shape index (κ2) is 4.85. The third-order valence-electron chi connectivity index (χ3n) is 3.17. The van der Waals surface area contributed by atoms with Gasteiger partial charge in [0.15, 0.2) is 0 Å². The quantitative estimate of drug-likeness (QED) is 0.711. The first kappa shape index (κ1) is 11.4. The molecule has 0 bridgehead atoms. The number of hydrogen-bond donors (Lipinski definition) is 3. The van der Waals surface area contributed by atoms with Gasteiger partial charge in [-0.3, -0.25) is 0 Å². The van der Waals surface area contributed by atoms with Crippen molar-refractivity contribution in [1.29, 1.82) is 0 Å². The molecule has 0 saturated heterocycles. The molecule has 2 atom stereocenters. The maximum atomic E-state index is 9.73. The molecule has 1 aliphatic rings. The molecule has 2 unspecified atom stereocenters. The fourth-order valence-corrected chi connectivity index (χ4v) is 1.86. The lowest BCUT2D eigenvalue weighted by molar-refractivity contribution is 0.145. The van der Waals surface area contributed by atoms with Gasteiger partial charge in [-0.1, -0.05) is 12.1 Å². The highest BCUT2D eigenvalue weighted by Crippen LogP contribution is 2.32. The summed E-state index contributed by atoms with van der Waals surface area (Å²) < 4.78 is 0. The van der Waals surface area contributed by atoms with E-state index in [4.69, 9.17) is 0 Å². The zero-order valence-corrected chi connectivity index (χ0v) is 9.56. The zero-order valence-electron chi connectivity index (χ0n) is 9.56. The largest absolute Gasteiger partial charge is 0.508 e. The predicted molar refractivity (Wildman–Crippen MR) is 63.3 cm³/mol. The van der Waals surface area contributed by atoms with Crippen LogP contribution in [-0.4, -0.2) is 22.9 Å². The Kier molecular flexibility index (Phi) is 3.46. The Hall–Kier alpha value is -1.06. The first-order valence-corrected chi connectivity index (χ1v) is 5.87. The van der Waals surface area contributed by atoms with Gasteiger partial charge in [0.2, 0.25) is 0 Å². The molecule has 1 saturated carbocycles. The molecular weight excluding hydrogens is 202 g/mol. The van der Waals surface area contributed by atoms with Crippen LogP contribution in [0.1, 0.15) is 31.4 Å². The van der Waals surface area contributed by atoms with Crippen molar-refractivity contribution in [1.82, 2.24) is 5.32 Å². The van der Waals surface area contributed by atoms with Crippen LogP contribution in [0.4, 0.5) is 0 Å². The average molecular weight is 221 g/mol. The highest BCUT2D eigenvalue weighted by atomic mass is 16.3. The summed E-state index contributed by atoms with van der Waals surface area (Å²) in [6.45, 7) is 2.66. The lowest BCUT2D eigenvalue weighted by Crippen LogP contribution is -2.30. The molecule has 1 aliphatic carbocycles.